The second-order valence-electron chi connectivity index (χ2n) is 5.78. The molecule has 1 aliphatic carbocycles. The predicted molar refractivity (Wildman–Crippen MR) is 85.6 cm³/mol. The van der Waals surface area contributed by atoms with E-state index in [0.717, 1.165) is 24.2 Å². The van der Waals surface area contributed by atoms with Gasteiger partial charge in [0.1, 0.15) is 5.75 Å². The van der Waals surface area contributed by atoms with Gasteiger partial charge in [-0.05, 0) is 63.6 Å². The molecule has 0 fully saturated rings. The Kier molecular flexibility index (Phi) is 5.43. The summed E-state index contributed by atoms with van der Waals surface area (Å²) in [4.78, 5) is 12.1. The molecule has 114 valence electrons. The molecular weight excluding hydrogens is 262 g/mol. The van der Waals surface area contributed by atoms with Crippen molar-refractivity contribution in [2.75, 3.05) is 6.54 Å². The molecule has 1 unspecified atom stereocenters. The summed E-state index contributed by atoms with van der Waals surface area (Å²) < 4.78 is 5.80. The van der Waals surface area contributed by atoms with Crippen molar-refractivity contribution in [2.24, 2.45) is 0 Å². The van der Waals surface area contributed by atoms with Crippen LogP contribution in [0.1, 0.15) is 43.7 Å². The summed E-state index contributed by atoms with van der Waals surface area (Å²) in [5, 5.41) is 2.97. The van der Waals surface area contributed by atoms with Crippen LogP contribution in [0.4, 0.5) is 0 Å². The Balaban J connectivity index is 1.87. The number of benzene rings is 1. The first-order valence-electron chi connectivity index (χ1n) is 7.76. The van der Waals surface area contributed by atoms with E-state index in [0.29, 0.717) is 6.54 Å². The van der Waals surface area contributed by atoms with E-state index in [1.165, 1.54) is 24.0 Å². The minimum absolute atomic E-state index is 0.0534. The Labute approximate surface area is 127 Å². The molecule has 2 rings (SSSR count). The number of hydrogen-bond acceptors (Lipinski definition) is 2. The first-order chi connectivity index (χ1) is 10.1. The molecule has 1 amide bonds. The van der Waals surface area contributed by atoms with Crippen molar-refractivity contribution in [3.63, 3.8) is 0 Å². The number of rotatable bonds is 5. The first-order valence-corrected chi connectivity index (χ1v) is 7.76. The van der Waals surface area contributed by atoms with Crippen LogP contribution in [0, 0.1) is 13.8 Å². The van der Waals surface area contributed by atoms with E-state index >= 15 is 0 Å². The Morgan fingerprint density at radius 2 is 2.14 bits per heavy atom. The number of hydrogen-bond donors (Lipinski definition) is 1. The lowest BCUT2D eigenvalue weighted by atomic mass is 10.00. The highest BCUT2D eigenvalue weighted by molar-refractivity contribution is 5.81. The quantitative estimate of drug-likeness (QED) is 0.839. The average Bonchev–Trinajstić information content (AvgIpc) is 2.50. The minimum atomic E-state index is -0.477. The van der Waals surface area contributed by atoms with Crippen LogP contribution in [0.2, 0.25) is 0 Å². The van der Waals surface area contributed by atoms with E-state index in [1.807, 2.05) is 32.0 Å². The molecule has 1 aromatic carbocycles. The van der Waals surface area contributed by atoms with Crippen molar-refractivity contribution in [3.8, 4) is 5.75 Å². The molecule has 1 atom stereocenters. The van der Waals surface area contributed by atoms with E-state index in [-0.39, 0.29) is 5.91 Å². The van der Waals surface area contributed by atoms with E-state index in [1.54, 1.807) is 6.92 Å². The molecule has 0 saturated carbocycles. The van der Waals surface area contributed by atoms with E-state index in [9.17, 15) is 4.79 Å². The van der Waals surface area contributed by atoms with Gasteiger partial charge >= 0.3 is 0 Å². The SMILES string of the molecule is Cc1cccc(OC(C)C(=O)NCC2=CCCCC2)c1C. The zero-order valence-electron chi connectivity index (χ0n) is 13.2. The molecule has 3 heteroatoms. The lowest BCUT2D eigenvalue weighted by Gasteiger charge is -2.18. The fraction of sp³-hybridized carbons (Fsp3) is 0.500. The van der Waals surface area contributed by atoms with Crippen LogP contribution in [0.25, 0.3) is 0 Å². The molecule has 0 aliphatic heterocycles. The number of aryl methyl sites for hydroxylation is 1. The van der Waals surface area contributed by atoms with Gasteiger partial charge in [-0.1, -0.05) is 23.8 Å². The molecule has 1 N–H and O–H groups in total. The monoisotopic (exact) mass is 287 g/mol. The Morgan fingerprint density at radius 3 is 2.86 bits per heavy atom. The highest BCUT2D eigenvalue weighted by atomic mass is 16.5. The van der Waals surface area contributed by atoms with E-state index in [4.69, 9.17) is 4.74 Å². The molecular formula is C18H25NO2. The zero-order chi connectivity index (χ0) is 15.2. The number of allylic oxidation sites excluding steroid dienone is 1. The summed E-state index contributed by atoms with van der Waals surface area (Å²) in [6, 6.07) is 5.91. The molecule has 0 saturated heterocycles. The third-order valence-corrected chi connectivity index (χ3v) is 4.10. The molecule has 1 aliphatic rings. The third kappa shape index (κ3) is 4.35. The number of ether oxygens (including phenoxy) is 1. The maximum Gasteiger partial charge on any atom is 0.261 e. The topological polar surface area (TPSA) is 38.3 Å². The van der Waals surface area contributed by atoms with Crippen LogP contribution >= 0.6 is 0 Å². The van der Waals surface area contributed by atoms with Crippen molar-refractivity contribution in [2.45, 2.75) is 52.6 Å². The first kappa shape index (κ1) is 15.6. The summed E-state index contributed by atoms with van der Waals surface area (Å²) in [6.07, 6.45) is 6.52. The summed E-state index contributed by atoms with van der Waals surface area (Å²) >= 11 is 0. The highest BCUT2D eigenvalue weighted by Crippen LogP contribution is 2.22. The van der Waals surface area contributed by atoms with Gasteiger partial charge < -0.3 is 10.1 Å². The van der Waals surface area contributed by atoms with Gasteiger partial charge in [0.15, 0.2) is 6.10 Å². The zero-order valence-corrected chi connectivity index (χ0v) is 13.2. The molecule has 21 heavy (non-hydrogen) atoms. The summed E-state index contributed by atoms with van der Waals surface area (Å²) in [5.41, 5.74) is 3.60. The third-order valence-electron chi connectivity index (χ3n) is 4.10. The van der Waals surface area contributed by atoms with Crippen LogP contribution in [-0.2, 0) is 4.79 Å². The van der Waals surface area contributed by atoms with Crippen molar-refractivity contribution in [1.82, 2.24) is 5.32 Å². The van der Waals surface area contributed by atoms with Crippen molar-refractivity contribution >= 4 is 5.91 Å². The maximum atomic E-state index is 12.1. The maximum absolute atomic E-state index is 12.1. The van der Waals surface area contributed by atoms with Crippen LogP contribution < -0.4 is 10.1 Å². The largest absolute Gasteiger partial charge is 0.481 e. The Hall–Kier alpha value is -1.77. The second kappa shape index (κ2) is 7.30. The number of carbonyl (C=O) groups excluding carboxylic acids is 1. The highest BCUT2D eigenvalue weighted by Gasteiger charge is 2.16. The minimum Gasteiger partial charge on any atom is -0.481 e. The molecule has 1 aromatic rings. The van der Waals surface area contributed by atoms with Gasteiger partial charge in [0.05, 0.1) is 0 Å². The normalized spacial score (nSPS) is 16.0. The van der Waals surface area contributed by atoms with Crippen molar-refractivity contribution in [3.05, 3.63) is 41.0 Å². The van der Waals surface area contributed by atoms with Crippen LogP contribution in [-0.4, -0.2) is 18.6 Å². The molecule has 3 nitrogen and oxygen atoms in total. The van der Waals surface area contributed by atoms with Gasteiger partial charge in [-0.15, -0.1) is 0 Å². The Morgan fingerprint density at radius 1 is 1.33 bits per heavy atom. The van der Waals surface area contributed by atoms with E-state index in [2.05, 4.69) is 11.4 Å². The van der Waals surface area contributed by atoms with Crippen LogP contribution in [0.5, 0.6) is 5.75 Å². The predicted octanol–water partition coefficient (Wildman–Crippen LogP) is 3.69. The number of nitrogens with one attached hydrogen (secondary N) is 1. The molecule has 0 bridgehead atoms. The van der Waals surface area contributed by atoms with Gasteiger partial charge in [-0.2, -0.15) is 0 Å². The molecule has 0 aromatic heterocycles. The van der Waals surface area contributed by atoms with Gasteiger partial charge in [-0.25, -0.2) is 0 Å². The molecule has 0 spiro atoms. The lowest BCUT2D eigenvalue weighted by molar-refractivity contribution is -0.127. The van der Waals surface area contributed by atoms with Gasteiger partial charge in [0.2, 0.25) is 0 Å². The fourth-order valence-corrected chi connectivity index (χ4v) is 2.51. The number of carbonyl (C=O) groups is 1. The van der Waals surface area contributed by atoms with Gasteiger partial charge in [0.25, 0.3) is 5.91 Å². The van der Waals surface area contributed by atoms with E-state index < -0.39 is 6.10 Å². The summed E-state index contributed by atoms with van der Waals surface area (Å²) in [6.45, 7) is 6.51. The van der Waals surface area contributed by atoms with Gasteiger partial charge in [-0.3, -0.25) is 4.79 Å². The second-order valence-corrected chi connectivity index (χ2v) is 5.78. The summed E-state index contributed by atoms with van der Waals surface area (Å²) in [5.74, 6) is 0.733. The van der Waals surface area contributed by atoms with Crippen molar-refractivity contribution in [1.29, 1.82) is 0 Å². The van der Waals surface area contributed by atoms with Crippen LogP contribution in [0.3, 0.4) is 0 Å². The number of amides is 1. The Bertz CT molecular complexity index is 534. The van der Waals surface area contributed by atoms with Crippen molar-refractivity contribution < 1.29 is 9.53 Å². The standard InChI is InChI=1S/C18H25NO2/c1-13-8-7-11-17(14(13)2)21-15(3)18(20)19-12-16-9-5-4-6-10-16/h7-9,11,15H,4-6,10,12H2,1-3H3,(H,19,20). The molecule has 0 radical (unpaired) electrons. The summed E-state index contributed by atoms with van der Waals surface area (Å²) in [7, 11) is 0. The lowest BCUT2D eigenvalue weighted by Crippen LogP contribution is -2.37. The smallest absolute Gasteiger partial charge is 0.261 e. The average molecular weight is 287 g/mol. The molecule has 0 heterocycles. The fourth-order valence-electron chi connectivity index (χ4n) is 2.51. The van der Waals surface area contributed by atoms with Gasteiger partial charge in [0, 0.05) is 6.54 Å². The van der Waals surface area contributed by atoms with Crippen LogP contribution in [0.15, 0.2) is 29.8 Å².